The molecule has 4 nitrogen and oxygen atoms in total. The van der Waals surface area contributed by atoms with Crippen molar-refractivity contribution in [1.29, 1.82) is 0 Å². The maximum absolute atomic E-state index is 13.8. The Hall–Kier alpha value is -2.18. The molecular formula is C16H16F3N3O. The van der Waals surface area contributed by atoms with Gasteiger partial charge in [0, 0.05) is 12.3 Å². The quantitative estimate of drug-likeness (QED) is 0.808. The zero-order chi connectivity index (χ0) is 16.4. The summed E-state index contributed by atoms with van der Waals surface area (Å²) in [6.07, 6.45) is -0.820. The lowest BCUT2D eigenvalue weighted by Gasteiger charge is -2.10. The van der Waals surface area contributed by atoms with Gasteiger partial charge < -0.3 is 0 Å². The summed E-state index contributed by atoms with van der Waals surface area (Å²) in [4.78, 5) is 14.5. The summed E-state index contributed by atoms with van der Waals surface area (Å²) in [5, 5.41) is 4.01. The first-order valence-corrected chi connectivity index (χ1v) is 7.49. The molecule has 7 heteroatoms. The molecule has 23 heavy (non-hydrogen) atoms. The molecule has 0 bridgehead atoms. The molecule has 1 saturated carbocycles. The highest BCUT2D eigenvalue weighted by molar-refractivity contribution is 5.68. The SMILES string of the molecule is FC(F)C1CC1.O=Cc1nc2n(n1)C(c1ccccc1)CC2F. The summed E-state index contributed by atoms with van der Waals surface area (Å²) < 4.78 is 37.7. The molecule has 122 valence electrons. The fraction of sp³-hybridized carbons (Fsp3) is 0.438. The number of benzene rings is 1. The third-order valence-corrected chi connectivity index (χ3v) is 3.95. The van der Waals surface area contributed by atoms with Gasteiger partial charge in [0.2, 0.25) is 12.2 Å². The van der Waals surface area contributed by atoms with E-state index in [9.17, 15) is 18.0 Å². The number of hydrogen-bond donors (Lipinski definition) is 0. The monoisotopic (exact) mass is 323 g/mol. The zero-order valence-electron chi connectivity index (χ0n) is 12.3. The van der Waals surface area contributed by atoms with Crippen molar-refractivity contribution in [2.75, 3.05) is 0 Å². The van der Waals surface area contributed by atoms with Crippen molar-refractivity contribution in [3.05, 3.63) is 47.5 Å². The van der Waals surface area contributed by atoms with E-state index in [1.807, 2.05) is 30.3 Å². The molecule has 0 saturated heterocycles. The highest BCUT2D eigenvalue weighted by Gasteiger charge is 2.35. The Morgan fingerprint density at radius 1 is 1.22 bits per heavy atom. The number of alkyl halides is 3. The van der Waals surface area contributed by atoms with Gasteiger partial charge >= 0.3 is 0 Å². The molecule has 0 N–H and O–H groups in total. The first kappa shape index (κ1) is 15.7. The van der Waals surface area contributed by atoms with Gasteiger partial charge in [-0.15, -0.1) is 5.10 Å². The molecule has 0 radical (unpaired) electrons. The lowest BCUT2D eigenvalue weighted by molar-refractivity contribution is 0.111. The van der Waals surface area contributed by atoms with Gasteiger partial charge in [-0.25, -0.2) is 22.8 Å². The first-order valence-electron chi connectivity index (χ1n) is 7.49. The molecule has 1 fully saturated rings. The smallest absolute Gasteiger partial charge is 0.241 e. The van der Waals surface area contributed by atoms with E-state index in [-0.39, 0.29) is 23.6 Å². The van der Waals surface area contributed by atoms with Crippen LogP contribution in [0.5, 0.6) is 0 Å². The van der Waals surface area contributed by atoms with Crippen LogP contribution in [0.4, 0.5) is 13.2 Å². The van der Waals surface area contributed by atoms with Gasteiger partial charge in [-0.05, 0) is 18.4 Å². The van der Waals surface area contributed by atoms with E-state index in [0.29, 0.717) is 12.7 Å². The van der Waals surface area contributed by atoms with Crippen LogP contribution >= 0.6 is 0 Å². The van der Waals surface area contributed by atoms with Gasteiger partial charge in [0.25, 0.3) is 0 Å². The Morgan fingerprint density at radius 2 is 1.91 bits per heavy atom. The molecule has 1 aliphatic carbocycles. The van der Waals surface area contributed by atoms with Crippen molar-refractivity contribution in [3.63, 3.8) is 0 Å². The number of aromatic nitrogens is 3. The highest BCUT2D eigenvalue weighted by atomic mass is 19.3. The normalized spacial score (nSPS) is 22.4. The van der Waals surface area contributed by atoms with Crippen LogP contribution in [0.15, 0.2) is 30.3 Å². The maximum atomic E-state index is 13.8. The van der Waals surface area contributed by atoms with Crippen LogP contribution in [0.25, 0.3) is 0 Å². The summed E-state index contributed by atoms with van der Waals surface area (Å²) >= 11 is 0. The molecule has 1 aromatic heterocycles. The van der Waals surface area contributed by atoms with Crippen molar-refractivity contribution >= 4 is 6.29 Å². The van der Waals surface area contributed by atoms with E-state index in [2.05, 4.69) is 10.1 Å². The predicted molar refractivity (Wildman–Crippen MR) is 77.2 cm³/mol. The van der Waals surface area contributed by atoms with Crippen molar-refractivity contribution in [2.45, 2.75) is 37.9 Å². The number of carbonyl (C=O) groups is 1. The van der Waals surface area contributed by atoms with E-state index in [1.54, 1.807) is 0 Å². The van der Waals surface area contributed by atoms with Crippen LogP contribution in [0.3, 0.4) is 0 Å². The second-order valence-corrected chi connectivity index (χ2v) is 5.69. The van der Waals surface area contributed by atoms with Gasteiger partial charge in [0.05, 0.1) is 6.04 Å². The second kappa shape index (κ2) is 6.52. The van der Waals surface area contributed by atoms with Crippen LogP contribution in [0.1, 0.15) is 53.5 Å². The van der Waals surface area contributed by atoms with E-state index >= 15 is 0 Å². The molecule has 0 amide bonds. The number of nitrogens with zero attached hydrogens (tertiary/aromatic N) is 3. The lowest BCUT2D eigenvalue weighted by atomic mass is 10.0. The molecule has 4 rings (SSSR count). The molecule has 1 aromatic carbocycles. The third-order valence-electron chi connectivity index (χ3n) is 3.95. The van der Waals surface area contributed by atoms with Crippen LogP contribution in [0.2, 0.25) is 0 Å². The summed E-state index contributed by atoms with van der Waals surface area (Å²) in [5.41, 5.74) is 0.983. The lowest BCUT2D eigenvalue weighted by Crippen LogP contribution is -2.07. The van der Waals surface area contributed by atoms with Crippen LogP contribution < -0.4 is 0 Å². The summed E-state index contributed by atoms with van der Waals surface area (Å²) in [7, 11) is 0. The third kappa shape index (κ3) is 3.43. The number of carbonyl (C=O) groups excluding carboxylic acids is 1. The topological polar surface area (TPSA) is 47.8 Å². The van der Waals surface area contributed by atoms with Gasteiger partial charge in [-0.2, -0.15) is 0 Å². The largest absolute Gasteiger partial charge is 0.294 e. The van der Waals surface area contributed by atoms with E-state index in [0.717, 1.165) is 18.4 Å². The van der Waals surface area contributed by atoms with Gasteiger partial charge in [-0.3, -0.25) is 4.79 Å². The van der Waals surface area contributed by atoms with Crippen LogP contribution in [-0.2, 0) is 0 Å². The molecule has 2 aliphatic rings. The minimum absolute atomic E-state index is 0.0447. The van der Waals surface area contributed by atoms with E-state index in [4.69, 9.17) is 0 Å². The number of fused-ring (bicyclic) bond motifs is 1. The fourth-order valence-electron chi connectivity index (χ4n) is 2.55. The Bertz CT molecular complexity index is 670. The maximum Gasteiger partial charge on any atom is 0.241 e. The van der Waals surface area contributed by atoms with Gasteiger partial charge in [0.1, 0.15) is 0 Å². The second-order valence-electron chi connectivity index (χ2n) is 5.69. The van der Waals surface area contributed by atoms with Gasteiger partial charge in [-0.1, -0.05) is 30.3 Å². The fourth-order valence-corrected chi connectivity index (χ4v) is 2.55. The summed E-state index contributed by atoms with van der Waals surface area (Å²) in [5.74, 6) is 0.0641. The average Bonchev–Trinajstić information content (AvgIpc) is 3.26. The standard InChI is InChI=1S/C12H10FN3O.C4H6F2/c13-9-6-10(8-4-2-1-3-5-8)16-12(9)14-11(7-17)15-16;5-4(6)3-1-2-3/h1-5,7,9-10H,6H2;3-4H,1-2H2. The van der Waals surface area contributed by atoms with Gasteiger partial charge in [0.15, 0.2) is 18.3 Å². The van der Waals surface area contributed by atoms with Crippen LogP contribution in [0, 0.1) is 5.92 Å². The zero-order valence-corrected chi connectivity index (χ0v) is 12.3. The molecule has 2 heterocycles. The number of halogens is 3. The van der Waals surface area contributed by atoms with E-state index < -0.39 is 12.6 Å². The molecule has 0 spiro atoms. The number of rotatable bonds is 3. The Labute approximate surface area is 131 Å². The Balaban J connectivity index is 0.000000220. The Morgan fingerprint density at radius 3 is 2.43 bits per heavy atom. The average molecular weight is 323 g/mol. The number of aldehydes is 1. The summed E-state index contributed by atoms with van der Waals surface area (Å²) in [6.45, 7) is 0. The molecule has 2 aromatic rings. The summed E-state index contributed by atoms with van der Waals surface area (Å²) in [6, 6.07) is 9.40. The number of hydrogen-bond acceptors (Lipinski definition) is 3. The molecule has 1 aliphatic heterocycles. The first-order chi connectivity index (χ1) is 11.1. The Kier molecular flexibility index (Phi) is 4.45. The predicted octanol–water partition coefficient (Wildman–Crippen LogP) is 3.76. The van der Waals surface area contributed by atoms with E-state index in [1.165, 1.54) is 4.68 Å². The minimum atomic E-state index is -2.04. The van der Waals surface area contributed by atoms with Crippen molar-refractivity contribution < 1.29 is 18.0 Å². The van der Waals surface area contributed by atoms with Crippen LogP contribution in [-0.4, -0.2) is 27.5 Å². The van der Waals surface area contributed by atoms with Crippen molar-refractivity contribution in [3.8, 4) is 0 Å². The van der Waals surface area contributed by atoms with Crippen molar-refractivity contribution in [2.24, 2.45) is 5.92 Å². The highest BCUT2D eigenvalue weighted by Crippen LogP contribution is 2.38. The molecular weight excluding hydrogens is 307 g/mol. The van der Waals surface area contributed by atoms with Crippen molar-refractivity contribution in [1.82, 2.24) is 14.8 Å². The minimum Gasteiger partial charge on any atom is -0.294 e. The molecule has 2 unspecified atom stereocenters. The molecule has 2 atom stereocenters.